The van der Waals surface area contributed by atoms with E-state index in [1.807, 2.05) is 0 Å². The smallest absolute Gasteiger partial charge is 0.295 e. The van der Waals surface area contributed by atoms with Crippen molar-refractivity contribution < 1.29 is 24.2 Å². The number of aromatic nitrogens is 1. The Morgan fingerprint density at radius 2 is 1.91 bits per heavy atom. The van der Waals surface area contributed by atoms with Crippen LogP contribution in [0, 0.1) is 0 Å². The summed E-state index contributed by atoms with van der Waals surface area (Å²) in [6.45, 7) is 3.78. The summed E-state index contributed by atoms with van der Waals surface area (Å²) in [5.74, 6) is -1.19. The number of morpholine rings is 1. The molecule has 1 aromatic heterocycles. The summed E-state index contributed by atoms with van der Waals surface area (Å²) >= 11 is 6.22. The quantitative estimate of drug-likeness (QED) is 0.404. The van der Waals surface area contributed by atoms with Crippen LogP contribution in [0.15, 0.2) is 48.3 Å². The van der Waals surface area contributed by atoms with Crippen LogP contribution in [0.1, 0.15) is 17.2 Å². The minimum absolute atomic E-state index is 0.0319. The number of Topliss-reactive ketones (excluding diaryl/α,β-unsaturated/α-hetero) is 1. The summed E-state index contributed by atoms with van der Waals surface area (Å²) in [7, 11) is 1.49. The zero-order valence-corrected chi connectivity index (χ0v) is 18.4. The number of aliphatic hydroxyl groups is 1. The monoisotopic (exact) mass is 457 g/mol. The lowest BCUT2D eigenvalue weighted by molar-refractivity contribution is -0.140. The second-order valence-corrected chi connectivity index (χ2v) is 7.98. The molecule has 2 fully saturated rings. The summed E-state index contributed by atoms with van der Waals surface area (Å²) in [5, 5.41) is 11.4. The molecule has 3 heterocycles. The van der Waals surface area contributed by atoms with E-state index in [1.54, 1.807) is 36.7 Å². The molecule has 0 radical (unpaired) electrons. The molecule has 1 amide bonds. The predicted molar refractivity (Wildman–Crippen MR) is 119 cm³/mol. The maximum absolute atomic E-state index is 13.1. The molecule has 2 aliphatic heterocycles. The maximum Gasteiger partial charge on any atom is 0.295 e. The number of methoxy groups -OCH3 is 1. The number of pyridine rings is 1. The number of nitrogens with zero attached hydrogens (tertiary/aromatic N) is 3. The number of benzene rings is 1. The fourth-order valence-electron chi connectivity index (χ4n) is 4.05. The largest absolute Gasteiger partial charge is 0.507 e. The molecule has 1 N–H and O–H groups in total. The molecule has 0 unspecified atom stereocenters. The number of aliphatic hydroxyl groups excluding tert-OH is 1. The van der Waals surface area contributed by atoms with Gasteiger partial charge in [0.1, 0.15) is 11.5 Å². The lowest BCUT2D eigenvalue weighted by Crippen LogP contribution is -2.42. The minimum Gasteiger partial charge on any atom is -0.507 e. The van der Waals surface area contributed by atoms with Gasteiger partial charge in [-0.3, -0.25) is 19.5 Å². The van der Waals surface area contributed by atoms with Crippen LogP contribution >= 0.6 is 11.6 Å². The highest BCUT2D eigenvalue weighted by atomic mass is 35.5. The molecule has 168 valence electrons. The van der Waals surface area contributed by atoms with Gasteiger partial charge in [0, 0.05) is 44.1 Å². The molecule has 32 heavy (non-hydrogen) atoms. The van der Waals surface area contributed by atoms with Crippen LogP contribution in [-0.4, -0.2) is 78.1 Å². The fourth-order valence-corrected chi connectivity index (χ4v) is 4.30. The van der Waals surface area contributed by atoms with Crippen LogP contribution in [-0.2, 0) is 14.3 Å². The Labute approximate surface area is 191 Å². The van der Waals surface area contributed by atoms with Gasteiger partial charge in [-0.05, 0) is 35.9 Å². The summed E-state index contributed by atoms with van der Waals surface area (Å²) in [4.78, 5) is 33.8. The number of amides is 1. The van der Waals surface area contributed by atoms with E-state index in [-0.39, 0.29) is 11.3 Å². The van der Waals surface area contributed by atoms with Crippen LogP contribution in [0.3, 0.4) is 0 Å². The number of ether oxygens (including phenoxy) is 2. The first kappa shape index (κ1) is 22.3. The summed E-state index contributed by atoms with van der Waals surface area (Å²) < 4.78 is 10.5. The van der Waals surface area contributed by atoms with Gasteiger partial charge in [0.15, 0.2) is 0 Å². The Kier molecular flexibility index (Phi) is 6.74. The number of likely N-dealkylation sites (tertiary alicyclic amines) is 1. The van der Waals surface area contributed by atoms with Crippen LogP contribution in [0.4, 0.5) is 0 Å². The second-order valence-electron chi connectivity index (χ2n) is 7.58. The molecular weight excluding hydrogens is 434 g/mol. The zero-order chi connectivity index (χ0) is 22.7. The number of carbonyl (C=O) groups is 2. The number of hydrogen-bond acceptors (Lipinski definition) is 7. The molecule has 1 atom stereocenters. The van der Waals surface area contributed by atoms with E-state index < -0.39 is 17.7 Å². The summed E-state index contributed by atoms with van der Waals surface area (Å²) in [6.07, 6.45) is 3.20. The van der Waals surface area contributed by atoms with Crippen molar-refractivity contribution in [2.24, 2.45) is 0 Å². The van der Waals surface area contributed by atoms with Gasteiger partial charge >= 0.3 is 0 Å². The van der Waals surface area contributed by atoms with Crippen molar-refractivity contribution in [3.63, 3.8) is 0 Å². The fraction of sp³-hybridized carbons (Fsp3) is 0.348. The highest BCUT2D eigenvalue weighted by Gasteiger charge is 2.46. The van der Waals surface area contributed by atoms with Crippen molar-refractivity contribution in [1.29, 1.82) is 0 Å². The van der Waals surface area contributed by atoms with Gasteiger partial charge in [-0.1, -0.05) is 11.6 Å². The van der Waals surface area contributed by atoms with Crippen molar-refractivity contribution in [1.82, 2.24) is 14.8 Å². The standard InChI is InChI=1S/C23H24ClN3O5/c1-31-18-3-2-16(14-17(18)24)21(28)19-20(15-4-6-25-7-5-15)27(23(30)22(19)29)9-8-26-10-12-32-13-11-26/h2-7,14,20,28H,8-13H2,1H3/b21-19+/t20-/m0/s1. The third-order valence-electron chi connectivity index (χ3n) is 5.75. The Morgan fingerprint density at radius 3 is 2.56 bits per heavy atom. The number of rotatable bonds is 6. The van der Waals surface area contributed by atoms with Crippen LogP contribution in [0.25, 0.3) is 5.76 Å². The van der Waals surface area contributed by atoms with Gasteiger partial charge in [-0.25, -0.2) is 0 Å². The van der Waals surface area contributed by atoms with E-state index in [0.717, 1.165) is 13.1 Å². The third kappa shape index (κ3) is 4.34. The van der Waals surface area contributed by atoms with Crippen molar-refractivity contribution in [3.05, 3.63) is 64.4 Å². The molecule has 2 saturated heterocycles. The van der Waals surface area contributed by atoms with Crippen LogP contribution in [0.5, 0.6) is 5.75 Å². The van der Waals surface area contributed by atoms with Crippen LogP contribution in [0.2, 0.25) is 5.02 Å². The SMILES string of the molecule is COc1ccc(/C(O)=C2\C(=O)C(=O)N(CCN3CCOCC3)[C@H]2c2ccncc2)cc1Cl. The Morgan fingerprint density at radius 1 is 1.19 bits per heavy atom. The maximum atomic E-state index is 13.1. The van der Waals surface area contributed by atoms with Gasteiger partial charge in [0.2, 0.25) is 0 Å². The number of halogens is 1. The van der Waals surface area contributed by atoms with E-state index in [2.05, 4.69) is 9.88 Å². The predicted octanol–water partition coefficient (Wildman–Crippen LogP) is 2.50. The van der Waals surface area contributed by atoms with Crippen molar-refractivity contribution >= 4 is 29.1 Å². The van der Waals surface area contributed by atoms with Gasteiger partial charge in [0.05, 0.1) is 37.0 Å². The van der Waals surface area contributed by atoms with Crippen molar-refractivity contribution in [3.8, 4) is 5.75 Å². The molecule has 9 heteroatoms. The minimum atomic E-state index is -0.724. The molecule has 0 spiro atoms. The van der Waals surface area contributed by atoms with Gasteiger partial charge in [0.25, 0.3) is 11.7 Å². The number of hydrogen-bond donors (Lipinski definition) is 1. The Hall–Kier alpha value is -2.94. The molecule has 8 nitrogen and oxygen atoms in total. The molecular formula is C23H24ClN3O5. The molecule has 2 aromatic rings. The van der Waals surface area contributed by atoms with E-state index in [1.165, 1.54) is 18.1 Å². The first-order valence-electron chi connectivity index (χ1n) is 10.3. The molecule has 0 bridgehead atoms. The molecule has 0 aliphatic carbocycles. The average Bonchev–Trinajstić information content (AvgIpc) is 3.08. The highest BCUT2D eigenvalue weighted by Crippen LogP contribution is 2.40. The van der Waals surface area contributed by atoms with Gasteiger partial charge in [-0.15, -0.1) is 0 Å². The zero-order valence-electron chi connectivity index (χ0n) is 17.7. The van der Waals surface area contributed by atoms with Gasteiger partial charge < -0.3 is 19.5 Å². The van der Waals surface area contributed by atoms with E-state index in [0.29, 0.717) is 48.2 Å². The Bertz CT molecular complexity index is 1040. The number of carbonyl (C=O) groups excluding carboxylic acids is 2. The topological polar surface area (TPSA) is 92.2 Å². The van der Waals surface area contributed by atoms with Crippen molar-refractivity contribution in [2.45, 2.75) is 6.04 Å². The van der Waals surface area contributed by atoms with Gasteiger partial charge in [-0.2, -0.15) is 0 Å². The lowest BCUT2D eigenvalue weighted by atomic mass is 9.96. The second kappa shape index (κ2) is 9.68. The van der Waals surface area contributed by atoms with E-state index in [4.69, 9.17) is 21.1 Å². The van der Waals surface area contributed by atoms with E-state index >= 15 is 0 Å². The normalized spacial score (nSPS) is 21.2. The molecule has 4 rings (SSSR count). The summed E-state index contributed by atoms with van der Waals surface area (Å²) in [5.41, 5.74) is 1.06. The average molecular weight is 458 g/mol. The number of ketones is 1. The first-order valence-corrected chi connectivity index (χ1v) is 10.7. The highest BCUT2D eigenvalue weighted by molar-refractivity contribution is 6.46. The molecule has 2 aliphatic rings. The molecule has 1 aromatic carbocycles. The lowest BCUT2D eigenvalue weighted by Gasteiger charge is -2.31. The molecule has 0 saturated carbocycles. The van der Waals surface area contributed by atoms with Crippen LogP contribution < -0.4 is 4.74 Å². The Balaban J connectivity index is 1.72. The first-order chi connectivity index (χ1) is 15.5. The van der Waals surface area contributed by atoms with Crippen molar-refractivity contribution in [2.75, 3.05) is 46.5 Å². The third-order valence-corrected chi connectivity index (χ3v) is 6.04. The summed E-state index contributed by atoms with van der Waals surface area (Å²) in [6, 6.07) is 7.48. The van der Waals surface area contributed by atoms with E-state index in [9.17, 15) is 14.7 Å².